The van der Waals surface area contributed by atoms with Gasteiger partial charge in [-0.05, 0) is 30.0 Å². The summed E-state index contributed by atoms with van der Waals surface area (Å²) in [5, 5.41) is 9.00. The van der Waals surface area contributed by atoms with Gasteiger partial charge in [-0.1, -0.05) is 33.8 Å². The Hall–Kier alpha value is -1.53. The molecule has 0 aliphatic rings. The molecule has 0 heterocycles. The number of hydrogen-bond acceptors (Lipinski definition) is 3. The highest BCUT2D eigenvalue weighted by Crippen LogP contribution is 2.30. The van der Waals surface area contributed by atoms with Crippen LogP contribution >= 0.6 is 0 Å². The fourth-order valence-corrected chi connectivity index (χ4v) is 2.69. The maximum atomic E-state index is 9.00. The number of benzene rings is 1. The Morgan fingerprint density at radius 2 is 2.00 bits per heavy atom. The van der Waals surface area contributed by atoms with E-state index in [9.17, 15) is 0 Å². The van der Waals surface area contributed by atoms with Crippen LogP contribution < -0.4 is 10.6 Å². The molecule has 0 saturated heterocycles. The van der Waals surface area contributed by atoms with Crippen molar-refractivity contribution in [1.29, 1.82) is 5.26 Å². The minimum atomic E-state index is 0.0762. The van der Waals surface area contributed by atoms with E-state index in [0.717, 1.165) is 12.1 Å². The SMILES string of the molecule is CCC(N)C(N(C)c1cccc(C#N)c1)C(C)(C)C. The topological polar surface area (TPSA) is 53.0 Å². The molecule has 2 atom stereocenters. The Morgan fingerprint density at radius 1 is 1.37 bits per heavy atom. The summed E-state index contributed by atoms with van der Waals surface area (Å²) < 4.78 is 0. The number of rotatable bonds is 4. The van der Waals surface area contributed by atoms with E-state index in [1.54, 1.807) is 0 Å². The van der Waals surface area contributed by atoms with Crippen LogP contribution in [-0.4, -0.2) is 19.1 Å². The molecule has 1 rings (SSSR count). The second-order valence-corrected chi connectivity index (χ2v) is 6.16. The fraction of sp³-hybridized carbons (Fsp3) is 0.562. The zero-order valence-electron chi connectivity index (χ0n) is 12.6. The standard InChI is InChI=1S/C16H25N3/c1-6-14(18)15(16(2,3)4)19(5)13-9-7-8-12(10-13)11-17/h7-10,14-15H,6,18H2,1-5H3. The molecule has 3 heteroatoms. The van der Waals surface area contributed by atoms with E-state index in [2.05, 4.69) is 45.7 Å². The highest BCUT2D eigenvalue weighted by molar-refractivity contribution is 5.52. The third-order valence-corrected chi connectivity index (χ3v) is 3.56. The first-order chi connectivity index (χ1) is 8.81. The molecule has 0 aliphatic carbocycles. The Bertz CT molecular complexity index is 454. The molecule has 0 bridgehead atoms. The van der Waals surface area contributed by atoms with Gasteiger partial charge in [-0.2, -0.15) is 5.26 Å². The molecule has 2 N–H and O–H groups in total. The van der Waals surface area contributed by atoms with Crippen molar-refractivity contribution in [2.75, 3.05) is 11.9 Å². The molecule has 0 spiro atoms. The van der Waals surface area contributed by atoms with Crippen LogP contribution in [-0.2, 0) is 0 Å². The van der Waals surface area contributed by atoms with Gasteiger partial charge in [-0.25, -0.2) is 0 Å². The van der Waals surface area contributed by atoms with Crippen LogP contribution in [0.25, 0.3) is 0 Å². The highest BCUT2D eigenvalue weighted by atomic mass is 15.2. The minimum absolute atomic E-state index is 0.0762. The molecule has 0 aromatic heterocycles. The molecule has 0 aliphatic heterocycles. The van der Waals surface area contributed by atoms with Gasteiger partial charge in [-0.3, -0.25) is 0 Å². The molecule has 19 heavy (non-hydrogen) atoms. The summed E-state index contributed by atoms with van der Waals surface area (Å²) in [6.07, 6.45) is 0.935. The predicted molar refractivity (Wildman–Crippen MR) is 81.1 cm³/mol. The number of anilines is 1. The van der Waals surface area contributed by atoms with Crippen molar-refractivity contribution in [2.24, 2.45) is 11.1 Å². The molecule has 104 valence electrons. The van der Waals surface area contributed by atoms with Gasteiger partial charge >= 0.3 is 0 Å². The van der Waals surface area contributed by atoms with E-state index >= 15 is 0 Å². The highest BCUT2D eigenvalue weighted by Gasteiger charge is 2.33. The van der Waals surface area contributed by atoms with Gasteiger partial charge < -0.3 is 10.6 Å². The average Bonchev–Trinajstić information content (AvgIpc) is 2.37. The van der Waals surface area contributed by atoms with Crippen LogP contribution in [0.15, 0.2) is 24.3 Å². The van der Waals surface area contributed by atoms with Crippen molar-refractivity contribution < 1.29 is 0 Å². The van der Waals surface area contributed by atoms with Crippen molar-refractivity contribution >= 4 is 5.69 Å². The summed E-state index contributed by atoms with van der Waals surface area (Å²) in [7, 11) is 2.06. The number of nitrogens with two attached hydrogens (primary N) is 1. The van der Waals surface area contributed by atoms with Crippen molar-refractivity contribution in [2.45, 2.75) is 46.2 Å². The first-order valence-corrected chi connectivity index (χ1v) is 6.79. The lowest BCUT2D eigenvalue weighted by Crippen LogP contribution is -2.53. The van der Waals surface area contributed by atoms with Gasteiger partial charge in [0.1, 0.15) is 0 Å². The maximum Gasteiger partial charge on any atom is 0.0992 e. The van der Waals surface area contributed by atoms with E-state index in [0.29, 0.717) is 5.56 Å². The van der Waals surface area contributed by atoms with E-state index in [4.69, 9.17) is 11.0 Å². The van der Waals surface area contributed by atoms with Crippen LogP contribution in [0.2, 0.25) is 0 Å². The maximum absolute atomic E-state index is 9.00. The van der Waals surface area contributed by atoms with Gasteiger partial charge in [0, 0.05) is 24.8 Å². The summed E-state index contributed by atoms with van der Waals surface area (Å²) in [5.41, 5.74) is 8.11. The lowest BCUT2D eigenvalue weighted by Gasteiger charge is -2.42. The molecule has 1 aromatic rings. The molecular formula is C16H25N3. The summed E-state index contributed by atoms with van der Waals surface area (Å²) in [5.74, 6) is 0. The third-order valence-electron chi connectivity index (χ3n) is 3.56. The molecule has 0 radical (unpaired) electrons. The number of nitriles is 1. The van der Waals surface area contributed by atoms with Crippen LogP contribution in [0, 0.1) is 16.7 Å². The second-order valence-electron chi connectivity index (χ2n) is 6.16. The third kappa shape index (κ3) is 3.71. The van der Waals surface area contributed by atoms with Crippen LogP contribution in [0.5, 0.6) is 0 Å². The van der Waals surface area contributed by atoms with E-state index in [-0.39, 0.29) is 17.5 Å². The smallest absolute Gasteiger partial charge is 0.0992 e. The number of hydrogen-bond donors (Lipinski definition) is 1. The van der Waals surface area contributed by atoms with Crippen molar-refractivity contribution in [3.8, 4) is 6.07 Å². The second kappa shape index (κ2) is 6.08. The van der Waals surface area contributed by atoms with Gasteiger partial charge in [0.05, 0.1) is 11.6 Å². The summed E-state index contributed by atoms with van der Waals surface area (Å²) in [6.45, 7) is 8.73. The quantitative estimate of drug-likeness (QED) is 0.903. The first-order valence-electron chi connectivity index (χ1n) is 6.79. The molecule has 0 fully saturated rings. The Labute approximate surface area is 117 Å². The largest absolute Gasteiger partial charge is 0.369 e. The van der Waals surface area contributed by atoms with Crippen LogP contribution in [0.1, 0.15) is 39.7 Å². The molecular weight excluding hydrogens is 234 g/mol. The summed E-state index contributed by atoms with van der Waals surface area (Å²) in [4.78, 5) is 2.20. The molecule has 0 amide bonds. The predicted octanol–water partition coefficient (Wildman–Crippen LogP) is 3.15. The average molecular weight is 259 g/mol. The Balaban J connectivity index is 3.12. The molecule has 1 aromatic carbocycles. The van der Waals surface area contributed by atoms with E-state index < -0.39 is 0 Å². The monoisotopic (exact) mass is 259 g/mol. The number of nitrogens with zero attached hydrogens (tertiary/aromatic N) is 2. The number of likely N-dealkylation sites (N-methyl/N-ethyl adjacent to an activating group) is 1. The Kier molecular flexibility index (Phi) is 4.97. The van der Waals surface area contributed by atoms with Gasteiger partial charge in [0.25, 0.3) is 0 Å². The Morgan fingerprint density at radius 3 is 2.47 bits per heavy atom. The van der Waals surface area contributed by atoms with Gasteiger partial charge in [-0.15, -0.1) is 0 Å². The minimum Gasteiger partial charge on any atom is -0.369 e. The summed E-state index contributed by atoms with van der Waals surface area (Å²) >= 11 is 0. The molecule has 3 nitrogen and oxygen atoms in total. The van der Waals surface area contributed by atoms with Crippen LogP contribution in [0.3, 0.4) is 0 Å². The van der Waals surface area contributed by atoms with Crippen LogP contribution in [0.4, 0.5) is 5.69 Å². The lowest BCUT2D eigenvalue weighted by atomic mass is 9.80. The van der Waals surface area contributed by atoms with Crippen molar-refractivity contribution in [3.63, 3.8) is 0 Å². The summed E-state index contributed by atoms with van der Waals surface area (Å²) in [6, 6.07) is 10.2. The molecule has 0 saturated carbocycles. The zero-order valence-corrected chi connectivity index (χ0v) is 12.6. The normalized spacial score (nSPS) is 14.6. The van der Waals surface area contributed by atoms with E-state index in [1.165, 1.54) is 0 Å². The van der Waals surface area contributed by atoms with Crippen molar-refractivity contribution in [1.82, 2.24) is 0 Å². The van der Waals surface area contributed by atoms with Gasteiger partial charge in [0.2, 0.25) is 0 Å². The van der Waals surface area contributed by atoms with Crippen molar-refractivity contribution in [3.05, 3.63) is 29.8 Å². The van der Waals surface area contributed by atoms with Gasteiger partial charge in [0.15, 0.2) is 0 Å². The first kappa shape index (κ1) is 15.5. The zero-order chi connectivity index (χ0) is 14.6. The fourth-order valence-electron chi connectivity index (χ4n) is 2.69. The molecule has 2 unspecified atom stereocenters. The van der Waals surface area contributed by atoms with E-state index in [1.807, 2.05) is 24.3 Å². The lowest BCUT2D eigenvalue weighted by molar-refractivity contribution is 0.268.